The predicted molar refractivity (Wildman–Crippen MR) is 113 cm³/mol. The number of carbonyl (C=O) groups excluding carboxylic acids is 1. The number of sulfonamides is 1. The normalized spacial score (nSPS) is 11.3. The van der Waals surface area contributed by atoms with Crippen LogP contribution in [-0.4, -0.2) is 34.5 Å². The van der Waals surface area contributed by atoms with Crippen LogP contribution in [0, 0.1) is 0 Å². The van der Waals surface area contributed by atoms with Crippen LogP contribution >= 0.6 is 0 Å². The van der Waals surface area contributed by atoms with Gasteiger partial charge in [0.25, 0.3) is 0 Å². The van der Waals surface area contributed by atoms with Crippen LogP contribution < -0.4 is 14.8 Å². The minimum atomic E-state index is -3.67. The van der Waals surface area contributed by atoms with Crippen molar-refractivity contribution < 1.29 is 17.9 Å². The maximum atomic E-state index is 12.5. The van der Waals surface area contributed by atoms with Crippen molar-refractivity contribution in [2.45, 2.75) is 17.7 Å². The van der Waals surface area contributed by atoms with Crippen LogP contribution in [0.4, 0.5) is 0 Å². The van der Waals surface area contributed by atoms with Gasteiger partial charge < -0.3 is 10.1 Å². The molecule has 0 aliphatic heterocycles. The van der Waals surface area contributed by atoms with Gasteiger partial charge in [0.15, 0.2) is 0 Å². The molecule has 152 valence electrons. The summed E-state index contributed by atoms with van der Waals surface area (Å²) in [6, 6.07) is 20.2. The van der Waals surface area contributed by atoms with E-state index in [1.165, 1.54) is 0 Å². The first-order valence-electron chi connectivity index (χ1n) is 9.37. The minimum absolute atomic E-state index is 0.0374. The largest absolute Gasteiger partial charge is 0.496 e. The summed E-state index contributed by atoms with van der Waals surface area (Å²) < 4.78 is 32.7. The second kappa shape index (κ2) is 9.54. The van der Waals surface area contributed by atoms with Gasteiger partial charge in [0.05, 0.1) is 12.0 Å². The molecule has 2 N–H and O–H groups in total. The summed E-state index contributed by atoms with van der Waals surface area (Å²) >= 11 is 0. The topological polar surface area (TPSA) is 84.5 Å². The molecule has 0 saturated carbocycles. The molecule has 0 unspecified atom stereocenters. The summed E-state index contributed by atoms with van der Waals surface area (Å²) in [6.07, 6.45) is 0.706. The monoisotopic (exact) mass is 412 g/mol. The van der Waals surface area contributed by atoms with Crippen molar-refractivity contribution in [3.8, 4) is 5.75 Å². The summed E-state index contributed by atoms with van der Waals surface area (Å²) in [6.45, 7) is 0.492. The van der Waals surface area contributed by atoms with Crippen LogP contribution in [0.5, 0.6) is 5.75 Å². The molecule has 3 aromatic rings. The molecule has 7 heteroatoms. The van der Waals surface area contributed by atoms with Crippen LogP contribution in [-0.2, 0) is 21.2 Å². The minimum Gasteiger partial charge on any atom is -0.496 e. The van der Waals surface area contributed by atoms with Crippen molar-refractivity contribution in [1.29, 1.82) is 0 Å². The van der Waals surface area contributed by atoms with E-state index in [0.29, 0.717) is 13.0 Å². The summed E-state index contributed by atoms with van der Waals surface area (Å²) in [5.41, 5.74) is 1.01. The zero-order valence-corrected chi connectivity index (χ0v) is 17.0. The molecule has 0 heterocycles. The fraction of sp³-hybridized carbons (Fsp3) is 0.227. The molecule has 0 spiro atoms. The number of ether oxygens (including phenoxy) is 1. The molecular formula is C22H24N2O4S. The molecule has 3 rings (SSSR count). The maximum absolute atomic E-state index is 12.5. The lowest BCUT2D eigenvalue weighted by Gasteiger charge is -2.10. The first kappa shape index (κ1) is 20.8. The van der Waals surface area contributed by atoms with Crippen molar-refractivity contribution in [1.82, 2.24) is 10.0 Å². The van der Waals surface area contributed by atoms with Gasteiger partial charge >= 0.3 is 0 Å². The zero-order valence-electron chi connectivity index (χ0n) is 16.2. The molecule has 0 saturated heterocycles. The highest BCUT2D eigenvalue weighted by molar-refractivity contribution is 7.89. The highest BCUT2D eigenvalue weighted by Gasteiger charge is 2.14. The molecule has 0 aromatic heterocycles. The van der Waals surface area contributed by atoms with Crippen LogP contribution in [0.1, 0.15) is 12.0 Å². The van der Waals surface area contributed by atoms with E-state index in [9.17, 15) is 13.2 Å². The number of benzene rings is 3. The zero-order chi connectivity index (χ0) is 20.7. The van der Waals surface area contributed by atoms with Crippen molar-refractivity contribution in [3.05, 3.63) is 72.3 Å². The van der Waals surface area contributed by atoms with Crippen molar-refractivity contribution in [2.75, 3.05) is 20.2 Å². The van der Waals surface area contributed by atoms with Gasteiger partial charge in [0, 0.05) is 19.5 Å². The highest BCUT2D eigenvalue weighted by atomic mass is 32.2. The molecule has 0 atom stereocenters. The molecule has 3 aromatic carbocycles. The Hall–Kier alpha value is -2.90. The van der Waals surface area contributed by atoms with Gasteiger partial charge in [-0.2, -0.15) is 0 Å². The smallest absolute Gasteiger partial charge is 0.240 e. The van der Waals surface area contributed by atoms with Gasteiger partial charge in [-0.3, -0.25) is 4.79 Å². The number of fused-ring (bicyclic) bond motifs is 1. The Labute approximate surface area is 170 Å². The summed E-state index contributed by atoms with van der Waals surface area (Å²) in [5.74, 6) is 0.575. The molecule has 0 bridgehead atoms. The average Bonchev–Trinajstić information content (AvgIpc) is 2.73. The molecular weight excluding hydrogens is 388 g/mol. The summed E-state index contributed by atoms with van der Waals surface area (Å²) in [5, 5.41) is 4.63. The van der Waals surface area contributed by atoms with Crippen LogP contribution in [0.15, 0.2) is 71.6 Å². The summed E-state index contributed by atoms with van der Waals surface area (Å²) in [7, 11) is -2.06. The van der Waals surface area contributed by atoms with Gasteiger partial charge in [-0.15, -0.1) is 0 Å². The number of methoxy groups -OCH3 is 1. The Morgan fingerprint density at radius 3 is 2.45 bits per heavy atom. The fourth-order valence-corrected chi connectivity index (χ4v) is 4.12. The summed E-state index contributed by atoms with van der Waals surface area (Å²) in [4.78, 5) is 12.2. The number of hydrogen-bond acceptors (Lipinski definition) is 4. The molecule has 0 radical (unpaired) electrons. The van der Waals surface area contributed by atoms with E-state index in [-0.39, 0.29) is 23.8 Å². The van der Waals surface area contributed by atoms with E-state index in [4.69, 9.17) is 4.74 Å². The third kappa shape index (κ3) is 5.56. The van der Waals surface area contributed by atoms with Gasteiger partial charge in [-0.05, 0) is 41.0 Å². The van der Waals surface area contributed by atoms with Crippen molar-refractivity contribution in [2.24, 2.45) is 0 Å². The van der Waals surface area contributed by atoms with E-state index in [0.717, 1.165) is 22.1 Å². The maximum Gasteiger partial charge on any atom is 0.240 e. The Bertz CT molecular complexity index is 1100. The first-order valence-corrected chi connectivity index (χ1v) is 10.8. The third-order valence-electron chi connectivity index (χ3n) is 4.58. The van der Waals surface area contributed by atoms with E-state index in [1.54, 1.807) is 25.3 Å². The Morgan fingerprint density at radius 2 is 1.66 bits per heavy atom. The first-order chi connectivity index (χ1) is 14.0. The lowest BCUT2D eigenvalue weighted by molar-refractivity contribution is -0.120. The number of rotatable bonds is 9. The Balaban J connectivity index is 1.47. The van der Waals surface area contributed by atoms with Crippen LogP contribution in [0.25, 0.3) is 10.8 Å². The quantitative estimate of drug-likeness (QED) is 0.566. The van der Waals surface area contributed by atoms with Crippen LogP contribution in [0.2, 0.25) is 0 Å². The molecule has 0 aliphatic carbocycles. The second-order valence-electron chi connectivity index (χ2n) is 6.57. The molecule has 6 nitrogen and oxygen atoms in total. The number of para-hydroxylation sites is 1. The fourth-order valence-electron chi connectivity index (χ4n) is 3.05. The van der Waals surface area contributed by atoms with E-state index in [2.05, 4.69) is 10.0 Å². The standard InChI is InChI=1S/C22H24N2O4S/c1-28-21-9-5-4-7-18(21)12-14-23-22(25)13-15-24-29(26,27)20-11-10-17-6-2-3-8-19(17)16-20/h2-11,16,24H,12-15H2,1H3,(H,23,25). The lowest BCUT2D eigenvalue weighted by Crippen LogP contribution is -2.31. The highest BCUT2D eigenvalue weighted by Crippen LogP contribution is 2.19. The van der Waals surface area contributed by atoms with Gasteiger partial charge in [0.2, 0.25) is 15.9 Å². The lowest BCUT2D eigenvalue weighted by atomic mass is 10.1. The number of carbonyl (C=O) groups is 1. The Morgan fingerprint density at radius 1 is 0.931 bits per heavy atom. The van der Waals surface area contributed by atoms with E-state index >= 15 is 0 Å². The molecule has 1 amide bonds. The molecule has 29 heavy (non-hydrogen) atoms. The molecule has 0 fully saturated rings. The SMILES string of the molecule is COc1ccccc1CCNC(=O)CCNS(=O)(=O)c1ccc2ccccc2c1. The van der Waals surface area contributed by atoms with Gasteiger partial charge in [-0.25, -0.2) is 13.1 Å². The predicted octanol–water partition coefficient (Wildman–Crippen LogP) is 2.88. The van der Waals surface area contributed by atoms with Gasteiger partial charge in [0.1, 0.15) is 5.75 Å². The van der Waals surface area contributed by atoms with E-state index in [1.807, 2.05) is 48.5 Å². The van der Waals surface area contributed by atoms with Crippen LogP contribution in [0.3, 0.4) is 0 Å². The molecule has 0 aliphatic rings. The number of nitrogens with one attached hydrogen (secondary N) is 2. The average molecular weight is 413 g/mol. The van der Waals surface area contributed by atoms with E-state index < -0.39 is 10.0 Å². The third-order valence-corrected chi connectivity index (χ3v) is 6.04. The second-order valence-corrected chi connectivity index (χ2v) is 8.34. The van der Waals surface area contributed by atoms with Crippen molar-refractivity contribution >= 4 is 26.7 Å². The van der Waals surface area contributed by atoms with Gasteiger partial charge in [-0.1, -0.05) is 48.5 Å². The Kier molecular flexibility index (Phi) is 6.85. The van der Waals surface area contributed by atoms with Crippen molar-refractivity contribution in [3.63, 3.8) is 0 Å². The number of amides is 1. The number of hydrogen-bond donors (Lipinski definition) is 2.